The molecular formula is C10H13NO3. The van der Waals surface area contributed by atoms with Crippen LogP contribution in [0.5, 0.6) is 5.75 Å². The maximum atomic E-state index is 10.9. The molecule has 1 unspecified atom stereocenters. The number of carbonyl (C=O) groups excluding carboxylic acids is 1. The molecule has 14 heavy (non-hydrogen) atoms. The lowest BCUT2D eigenvalue weighted by molar-refractivity contribution is 0.0997. The normalized spacial score (nSPS) is 12.5. The lowest BCUT2D eigenvalue weighted by atomic mass is 9.99. The minimum atomic E-state index is -0.825. The van der Waals surface area contributed by atoms with Gasteiger partial charge in [-0.15, -0.1) is 0 Å². The van der Waals surface area contributed by atoms with Crippen LogP contribution in [-0.2, 0) is 0 Å². The fraction of sp³-hybridized carbons (Fsp3) is 0.300. The van der Waals surface area contributed by atoms with Crippen LogP contribution in [0.4, 0.5) is 0 Å². The lowest BCUT2D eigenvalue weighted by Gasteiger charge is -2.13. The van der Waals surface area contributed by atoms with E-state index in [0.717, 1.165) is 5.56 Å². The monoisotopic (exact) mass is 195 g/mol. The Hall–Kier alpha value is -1.55. The molecule has 0 aliphatic heterocycles. The van der Waals surface area contributed by atoms with Gasteiger partial charge in [0, 0.05) is 5.56 Å². The average Bonchev–Trinajstić information content (AvgIpc) is 2.02. The summed E-state index contributed by atoms with van der Waals surface area (Å²) in [5.74, 6) is -0.933. The third-order valence-electron chi connectivity index (χ3n) is 2.12. The maximum Gasteiger partial charge on any atom is 0.252 e. The smallest absolute Gasteiger partial charge is 0.252 e. The zero-order valence-electron chi connectivity index (χ0n) is 8.11. The molecule has 1 amide bonds. The lowest BCUT2D eigenvalue weighted by Crippen LogP contribution is -2.12. The molecular weight excluding hydrogens is 182 g/mol. The van der Waals surface area contributed by atoms with Crippen molar-refractivity contribution in [2.24, 2.45) is 5.73 Å². The molecule has 76 valence electrons. The van der Waals surface area contributed by atoms with Gasteiger partial charge in [0.05, 0.1) is 11.7 Å². The number of aromatic hydroxyl groups is 1. The van der Waals surface area contributed by atoms with Crippen molar-refractivity contribution >= 4 is 5.91 Å². The number of hydrogen-bond donors (Lipinski definition) is 3. The van der Waals surface area contributed by atoms with E-state index in [-0.39, 0.29) is 11.3 Å². The van der Waals surface area contributed by atoms with E-state index in [1.807, 2.05) is 0 Å². The highest BCUT2D eigenvalue weighted by Crippen LogP contribution is 2.30. The van der Waals surface area contributed by atoms with E-state index in [9.17, 15) is 15.0 Å². The third-order valence-corrected chi connectivity index (χ3v) is 2.12. The molecule has 0 heterocycles. The van der Waals surface area contributed by atoms with Gasteiger partial charge in [0.25, 0.3) is 5.91 Å². The van der Waals surface area contributed by atoms with Gasteiger partial charge in [0.2, 0.25) is 0 Å². The predicted octanol–water partition coefficient (Wildman–Crippen LogP) is 0.853. The number of aliphatic hydroxyl groups excluding tert-OH is 1. The summed E-state index contributed by atoms with van der Waals surface area (Å²) < 4.78 is 0. The number of phenols is 1. The number of primary amides is 1. The molecule has 1 rings (SSSR count). The number of rotatable bonds is 2. The van der Waals surface area contributed by atoms with Gasteiger partial charge >= 0.3 is 0 Å². The van der Waals surface area contributed by atoms with Crippen molar-refractivity contribution in [2.75, 3.05) is 0 Å². The Morgan fingerprint density at radius 2 is 2.07 bits per heavy atom. The van der Waals surface area contributed by atoms with Gasteiger partial charge in [-0.3, -0.25) is 4.79 Å². The van der Waals surface area contributed by atoms with E-state index in [2.05, 4.69) is 0 Å². The first-order chi connectivity index (χ1) is 6.45. The summed E-state index contributed by atoms with van der Waals surface area (Å²) in [6, 6.07) is 3.08. The summed E-state index contributed by atoms with van der Waals surface area (Å²) in [7, 11) is 0. The molecule has 0 radical (unpaired) electrons. The number of nitrogens with two attached hydrogens (primary N) is 1. The molecule has 0 saturated heterocycles. The minimum absolute atomic E-state index is 0.0338. The standard InChI is InChI=1S/C10H13NO3/c1-5-3-4-7(10(11)14)9(13)8(5)6(2)12/h3-4,6,12-13H,1-2H3,(H2,11,14). The summed E-state index contributed by atoms with van der Waals surface area (Å²) in [4.78, 5) is 10.9. The van der Waals surface area contributed by atoms with Crippen LogP contribution in [0.1, 0.15) is 34.5 Å². The zero-order chi connectivity index (χ0) is 10.9. The highest BCUT2D eigenvalue weighted by Gasteiger charge is 2.16. The number of carbonyl (C=O) groups is 1. The number of hydrogen-bond acceptors (Lipinski definition) is 3. The Labute approximate surface area is 82.0 Å². The molecule has 1 aromatic rings. The molecule has 4 heteroatoms. The minimum Gasteiger partial charge on any atom is -0.507 e. The van der Waals surface area contributed by atoms with Crippen LogP contribution >= 0.6 is 0 Å². The van der Waals surface area contributed by atoms with Crippen molar-refractivity contribution in [3.05, 3.63) is 28.8 Å². The summed E-state index contributed by atoms with van der Waals surface area (Å²) in [6.07, 6.45) is -0.825. The molecule has 4 N–H and O–H groups in total. The molecule has 0 aromatic heterocycles. The van der Waals surface area contributed by atoms with Gasteiger partial charge < -0.3 is 15.9 Å². The second kappa shape index (κ2) is 3.67. The van der Waals surface area contributed by atoms with Gasteiger partial charge in [-0.25, -0.2) is 0 Å². The van der Waals surface area contributed by atoms with Gasteiger partial charge in [-0.1, -0.05) is 6.07 Å². The van der Waals surface area contributed by atoms with E-state index in [4.69, 9.17) is 5.73 Å². The quantitative estimate of drug-likeness (QED) is 0.654. The second-order valence-electron chi connectivity index (χ2n) is 3.23. The van der Waals surface area contributed by atoms with Crippen molar-refractivity contribution in [1.29, 1.82) is 0 Å². The molecule has 1 aromatic carbocycles. The third kappa shape index (κ3) is 1.70. The van der Waals surface area contributed by atoms with Crippen LogP contribution in [0.3, 0.4) is 0 Å². The summed E-state index contributed by atoms with van der Waals surface area (Å²) in [6.45, 7) is 3.26. The SMILES string of the molecule is Cc1ccc(C(N)=O)c(O)c1C(C)O. The van der Waals surface area contributed by atoms with Crippen LogP contribution in [0.15, 0.2) is 12.1 Å². The highest BCUT2D eigenvalue weighted by molar-refractivity contribution is 5.96. The van der Waals surface area contributed by atoms with Gasteiger partial charge in [-0.05, 0) is 25.5 Å². The van der Waals surface area contributed by atoms with E-state index >= 15 is 0 Å². The summed E-state index contributed by atoms with van der Waals surface area (Å²) in [5.41, 5.74) is 6.16. The Kier molecular flexibility index (Phi) is 2.76. The highest BCUT2D eigenvalue weighted by atomic mass is 16.3. The maximum absolute atomic E-state index is 10.9. The molecule has 0 saturated carbocycles. The molecule has 0 aliphatic carbocycles. The van der Waals surface area contributed by atoms with Crippen molar-refractivity contribution in [2.45, 2.75) is 20.0 Å². The molecule has 0 fully saturated rings. The van der Waals surface area contributed by atoms with Crippen LogP contribution < -0.4 is 5.73 Å². The largest absolute Gasteiger partial charge is 0.507 e. The Bertz CT molecular complexity index is 372. The van der Waals surface area contributed by atoms with Crippen molar-refractivity contribution in [3.8, 4) is 5.75 Å². The van der Waals surface area contributed by atoms with Crippen LogP contribution in [0, 0.1) is 6.92 Å². The van der Waals surface area contributed by atoms with Gasteiger partial charge in [0.1, 0.15) is 5.75 Å². The molecule has 0 aliphatic rings. The van der Waals surface area contributed by atoms with Gasteiger partial charge in [-0.2, -0.15) is 0 Å². The molecule has 4 nitrogen and oxygen atoms in total. The summed E-state index contributed by atoms with van der Waals surface area (Å²) in [5, 5.41) is 19.0. The first-order valence-electron chi connectivity index (χ1n) is 4.25. The van der Waals surface area contributed by atoms with Crippen LogP contribution in [0.2, 0.25) is 0 Å². The van der Waals surface area contributed by atoms with Crippen molar-refractivity contribution in [1.82, 2.24) is 0 Å². The molecule has 0 spiro atoms. The van der Waals surface area contributed by atoms with Crippen LogP contribution in [-0.4, -0.2) is 16.1 Å². The Balaban J connectivity index is 3.41. The predicted molar refractivity (Wildman–Crippen MR) is 52.0 cm³/mol. The first kappa shape index (κ1) is 10.5. The molecule has 0 bridgehead atoms. The van der Waals surface area contributed by atoms with Crippen LogP contribution in [0.25, 0.3) is 0 Å². The molecule has 1 atom stereocenters. The topological polar surface area (TPSA) is 83.6 Å². The number of benzene rings is 1. The first-order valence-corrected chi connectivity index (χ1v) is 4.25. The van der Waals surface area contributed by atoms with E-state index in [0.29, 0.717) is 5.56 Å². The number of aryl methyl sites for hydroxylation is 1. The van der Waals surface area contributed by atoms with E-state index in [1.54, 1.807) is 13.0 Å². The second-order valence-corrected chi connectivity index (χ2v) is 3.23. The number of amides is 1. The number of aliphatic hydroxyl groups is 1. The average molecular weight is 195 g/mol. The van der Waals surface area contributed by atoms with Crippen molar-refractivity contribution < 1.29 is 15.0 Å². The fourth-order valence-corrected chi connectivity index (χ4v) is 1.44. The Morgan fingerprint density at radius 1 is 1.50 bits per heavy atom. The Morgan fingerprint density at radius 3 is 2.50 bits per heavy atom. The van der Waals surface area contributed by atoms with E-state index < -0.39 is 12.0 Å². The van der Waals surface area contributed by atoms with E-state index in [1.165, 1.54) is 13.0 Å². The van der Waals surface area contributed by atoms with Gasteiger partial charge in [0.15, 0.2) is 0 Å². The zero-order valence-corrected chi connectivity index (χ0v) is 8.11. The van der Waals surface area contributed by atoms with Crippen molar-refractivity contribution in [3.63, 3.8) is 0 Å². The summed E-state index contributed by atoms with van der Waals surface area (Å²) >= 11 is 0. The fourth-order valence-electron chi connectivity index (χ4n) is 1.44.